The lowest BCUT2D eigenvalue weighted by Gasteiger charge is -2.35. The molecule has 0 radical (unpaired) electrons. The van der Waals surface area contributed by atoms with Crippen LogP contribution in [0.5, 0.6) is 0 Å². The van der Waals surface area contributed by atoms with Crippen molar-refractivity contribution in [1.82, 2.24) is 9.78 Å². The summed E-state index contributed by atoms with van der Waals surface area (Å²) in [6.45, 7) is 12.2. The highest BCUT2D eigenvalue weighted by atomic mass is 19.3. The summed E-state index contributed by atoms with van der Waals surface area (Å²) in [6.07, 6.45) is 0.800. The first-order valence-corrected chi connectivity index (χ1v) is 8.92. The van der Waals surface area contributed by atoms with Crippen LogP contribution in [0.1, 0.15) is 72.1 Å². The summed E-state index contributed by atoms with van der Waals surface area (Å²) >= 11 is 0. The Kier molecular flexibility index (Phi) is 5.05. The number of alkyl halides is 2. The number of aryl methyl sites for hydroxylation is 1. The first-order chi connectivity index (χ1) is 11.2. The van der Waals surface area contributed by atoms with Gasteiger partial charge in [-0.3, -0.25) is 9.48 Å². The molecule has 0 aliphatic heterocycles. The molecule has 1 N–H and O–H groups in total. The predicted molar refractivity (Wildman–Crippen MR) is 96.0 cm³/mol. The van der Waals surface area contributed by atoms with Crippen LogP contribution in [0.4, 0.5) is 14.6 Å². The Balaban J connectivity index is 2.26. The zero-order chi connectivity index (χ0) is 19.2. The third kappa shape index (κ3) is 5.02. The Morgan fingerprint density at radius 2 is 1.80 bits per heavy atom. The highest BCUT2D eigenvalue weighted by Gasteiger charge is 2.46. The highest BCUT2D eigenvalue weighted by molar-refractivity contribution is 5.91. The molecule has 1 aromatic rings. The molecule has 1 saturated carbocycles. The topological polar surface area (TPSA) is 46.9 Å². The van der Waals surface area contributed by atoms with E-state index in [0.717, 1.165) is 11.3 Å². The van der Waals surface area contributed by atoms with Crippen molar-refractivity contribution in [3.05, 3.63) is 11.3 Å². The molecule has 142 valence electrons. The van der Waals surface area contributed by atoms with Crippen LogP contribution >= 0.6 is 0 Å². The van der Waals surface area contributed by atoms with Crippen LogP contribution in [-0.2, 0) is 23.7 Å². The Morgan fingerprint density at radius 1 is 1.24 bits per heavy atom. The van der Waals surface area contributed by atoms with E-state index in [2.05, 4.69) is 31.2 Å². The van der Waals surface area contributed by atoms with Gasteiger partial charge in [0.2, 0.25) is 11.8 Å². The van der Waals surface area contributed by atoms with E-state index in [0.29, 0.717) is 18.7 Å². The Hall–Kier alpha value is -1.46. The molecule has 0 saturated heterocycles. The van der Waals surface area contributed by atoms with Crippen molar-refractivity contribution in [2.75, 3.05) is 5.32 Å². The van der Waals surface area contributed by atoms with Gasteiger partial charge >= 0.3 is 0 Å². The minimum atomic E-state index is -2.52. The van der Waals surface area contributed by atoms with E-state index in [1.165, 1.54) is 0 Å². The molecule has 6 heteroatoms. The molecule has 1 heterocycles. The number of carbonyl (C=O) groups excluding carboxylic acids is 1. The zero-order valence-electron chi connectivity index (χ0n) is 16.5. The van der Waals surface area contributed by atoms with Crippen molar-refractivity contribution >= 4 is 11.7 Å². The molecule has 0 unspecified atom stereocenters. The van der Waals surface area contributed by atoms with Crippen molar-refractivity contribution in [2.45, 2.75) is 78.6 Å². The summed E-state index contributed by atoms with van der Waals surface area (Å²) in [5, 5.41) is 7.55. The van der Waals surface area contributed by atoms with E-state index in [1.54, 1.807) is 11.7 Å². The van der Waals surface area contributed by atoms with E-state index in [-0.39, 0.29) is 35.5 Å². The van der Waals surface area contributed by atoms with Crippen LogP contribution in [0.3, 0.4) is 0 Å². The van der Waals surface area contributed by atoms with E-state index < -0.39 is 5.92 Å². The molecule has 0 atom stereocenters. The zero-order valence-corrected chi connectivity index (χ0v) is 16.5. The third-order valence-corrected chi connectivity index (χ3v) is 4.48. The Morgan fingerprint density at radius 3 is 2.24 bits per heavy atom. The molecular weight excluding hydrogens is 324 g/mol. The minimum Gasteiger partial charge on any atom is -0.311 e. The Labute approximate surface area is 149 Å². The quantitative estimate of drug-likeness (QED) is 0.852. The SMILES string of the molecule is Cn1nc(CC2CC(F)(F)C2)c(C(C)(C)C)c1NC(=O)CC(C)(C)C. The molecule has 0 aromatic carbocycles. The maximum Gasteiger partial charge on any atom is 0.248 e. The number of hydrogen-bond donors (Lipinski definition) is 1. The summed E-state index contributed by atoms with van der Waals surface area (Å²) < 4.78 is 28.0. The second-order valence-electron chi connectivity index (χ2n) is 9.66. The van der Waals surface area contributed by atoms with Crippen LogP contribution in [0.15, 0.2) is 0 Å². The van der Waals surface area contributed by atoms with Gasteiger partial charge in [-0.1, -0.05) is 41.5 Å². The summed E-state index contributed by atoms with van der Waals surface area (Å²) in [4.78, 5) is 12.4. The second-order valence-corrected chi connectivity index (χ2v) is 9.66. The molecule has 1 aliphatic rings. The third-order valence-electron chi connectivity index (χ3n) is 4.48. The van der Waals surface area contributed by atoms with Crippen molar-refractivity contribution in [2.24, 2.45) is 18.4 Å². The van der Waals surface area contributed by atoms with Gasteiger partial charge < -0.3 is 5.32 Å². The predicted octanol–water partition coefficient (Wildman–Crippen LogP) is 4.68. The van der Waals surface area contributed by atoms with Gasteiger partial charge in [0.05, 0.1) is 5.69 Å². The van der Waals surface area contributed by atoms with Gasteiger partial charge in [-0.05, 0) is 23.2 Å². The largest absolute Gasteiger partial charge is 0.311 e. The van der Waals surface area contributed by atoms with Crippen molar-refractivity contribution in [3.8, 4) is 0 Å². The van der Waals surface area contributed by atoms with Gasteiger partial charge in [0, 0.05) is 31.9 Å². The van der Waals surface area contributed by atoms with Gasteiger partial charge in [0.1, 0.15) is 5.82 Å². The number of amides is 1. The monoisotopic (exact) mass is 355 g/mol. The number of aromatic nitrogens is 2. The average molecular weight is 355 g/mol. The van der Waals surface area contributed by atoms with Crippen LogP contribution < -0.4 is 5.32 Å². The minimum absolute atomic E-state index is 0.0378. The van der Waals surface area contributed by atoms with Crippen molar-refractivity contribution in [1.29, 1.82) is 0 Å². The molecule has 4 nitrogen and oxygen atoms in total. The van der Waals surface area contributed by atoms with Crippen LogP contribution in [0, 0.1) is 11.3 Å². The number of halogens is 2. The standard InChI is InChI=1S/C19H31F2N3O/c1-17(2,3)11-14(25)22-16-15(18(4,5)6)13(23-24(16)7)8-12-9-19(20,21)10-12/h12H,8-11H2,1-7H3,(H,22,25). The average Bonchev–Trinajstić information content (AvgIpc) is 2.60. The first-order valence-electron chi connectivity index (χ1n) is 8.92. The molecule has 0 spiro atoms. The molecule has 0 bridgehead atoms. The molecule has 1 aliphatic carbocycles. The molecular formula is C19H31F2N3O. The van der Waals surface area contributed by atoms with Crippen molar-refractivity contribution < 1.29 is 13.6 Å². The summed E-state index contributed by atoms with van der Waals surface area (Å²) in [6, 6.07) is 0. The summed E-state index contributed by atoms with van der Waals surface area (Å²) in [5.74, 6) is -1.93. The fraction of sp³-hybridized carbons (Fsp3) is 0.789. The van der Waals surface area contributed by atoms with E-state index >= 15 is 0 Å². The number of nitrogens with zero attached hydrogens (tertiary/aromatic N) is 2. The number of rotatable bonds is 4. The first kappa shape index (κ1) is 19.9. The lowest BCUT2D eigenvalue weighted by molar-refractivity contribution is -0.117. The lowest BCUT2D eigenvalue weighted by atomic mass is 9.76. The van der Waals surface area contributed by atoms with Gasteiger partial charge in [0.25, 0.3) is 0 Å². The van der Waals surface area contributed by atoms with Gasteiger partial charge in [-0.25, -0.2) is 8.78 Å². The van der Waals surface area contributed by atoms with Crippen LogP contribution in [0.25, 0.3) is 0 Å². The van der Waals surface area contributed by atoms with E-state index in [1.807, 2.05) is 20.8 Å². The second kappa shape index (κ2) is 6.36. The molecule has 1 aromatic heterocycles. The fourth-order valence-corrected chi connectivity index (χ4v) is 3.51. The van der Waals surface area contributed by atoms with Crippen LogP contribution in [-0.4, -0.2) is 21.6 Å². The Bertz CT molecular complexity index is 643. The van der Waals surface area contributed by atoms with Gasteiger partial charge in [-0.2, -0.15) is 5.10 Å². The van der Waals surface area contributed by atoms with E-state index in [4.69, 9.17) is 0 Å². The lowest BCUT2D eigenvalue weighted by Crippen LogP contribution is -2.36. The maximum absolute atomic E-state index is 13.2. The normalized spacial score (nSPS) is 18.1. The fourth-order valence-electron chi connectivity index (χ4n) is 3.51. The molecule has 1 amide bonds. The summed E-state index contributed by atoms with van der Waals surface area (Å²) in [7, 11) is 1.79. The van der Waals surface area contributed by atoms with Gasteiger partial charge in [-0.15, -0.1) is 0 Å². The number of anilines is 1. The number of nitrogens with one attached hydrogen (secondary N) is 1. The van der Waals surface area contributed by atoms with E-state index in [9.17, 15) is 13.6 Å². The van der Waals surface area contributed by atoms with Gasteiger partial charge in [0.15, 0.2) is 0 Å². The number of hydrogen-bond acceptors (Lipinski definition) is 2. The smallest absolute Gasteiger partial charge is 0.248 e. The molecule has 25 heavy (non-hydrogen) atoms. The highest BCUT2D eigenvalue weighted by Crippen LogP contribution is 2.45. The number of carbonyl (C=O) groups is 1. The molecule has 1 fully saturated rings. The maximum atomic E-state index is 13.2. The molecule has 2 rings (SSSR count). The summed E-state index contributed by atoms with van der Waals surface area (Å²) in [5.41, 5.74) is 1.43. The van der Waals surface area contributed by atoms with Crippen LogP contribution in [0.2, 0.25) is 0 Å². The van der Waals surface area contributed by atoms with Crippen molar-refractivity contribution in [3.63, 3.8) is 0 Å².